The van der Waals surface area contributed by atoms with Crippen LogP contribution in [0.2, 0.25) is 0 Å². The number of rotatable bonds is 1. The van der Waals surface area contributed by atoms with E-state index in [0.29, 0.717) is 24.0 Å². The number of ether oxygens (including phenoxy) is 2. The fourth-order valence-electron chi connectivity index (χ4n) is 6.22. The quantitative estimate of drug-likeness (QED) is 0.718. The number of cyclic esters (lactones) is 2. The minimum atomic E-state index is -1.04. The van der Waals surface area contributed by atoms with Gasteiger partial charge in [-0.3, -0.25) is 4.79 Å². The van der Waals surface area contributed by atoms with Crippen LogP contribution in [0.4, 0.5) is 0 Å². The van der Waals surface area contributed by atoms with Gasteiger partial charge in [-0.15, -0.1) is 0 Å². The molecule has 27 heavy (non-hydrogen) atoms. The van der Waals surface area contributed by atoms with E-state index in [1.807, 2.05) is 13.0 Å². The summed E-state index contributed by atoms with van der Waals surface area (Å²) in [6.07, 6.45) is 3.53. The minimum Gasteiger partial charge on any atom is -0.472 e. The maximum atomic E-state index is 12.9. The standard InChI is InChI=1S/C20H22O7/c1-19-13-4-2-3-11-17(23)26-9-20(11,13)7-12(21)14(19)18(24)27-15(16(19)22)10-5-6-25-8-10/h3,5-6,8,12-16,21-22H,2,4,7,9H2,1H3/t12-,13+,14-,15-,16-,19+,20+/m0/s1. The molecule has 5 rings (SSSR count). The molecule has 2 aliphatic carbocycles. The van der Waals surface area contributed by atoms with Crippen molar-refractivity contribution in [2.75, 3.05) is 6.61 Å². The largest absolute Gasteiger partial charge is 0.472 e. The van der Waals surface area contributed by atoms with Crippen LogP contribution in [0.25, 0.3) is 0 Å². The van der Waals surface area contributed by atoms with Crippen molar-refractivity contribution >= 4 is 11.9 Å². The minimum absolute atomic E-state index is 0.179. The maximum absolute atomic E-state index is 12.9. The van der Waals surface area contributed by atoms with E-state index in [4.69, 9.17) is 13.9 Å². The van der Waals surface area contributed by atoms with Gasteiger partial charge in [-0.05, 0) is 31.2 Å². The molecular formula is C20H22O7. The van der Waals surface area contributed by atoms with Crippen LogP contribution in [0.5, 0.6) is 0 Å². The molecule has 0 amide bonds. The number of hydrogen-bond donors (Lipinski definition) is 2. The van der Waals surface area contributed by atoms with Gasteiger partial charge in [0.05, 0.1) is 24.5 Å². The summed E-state index contributed by atoms with van der Waals surface area (Å²) in [5, 5.41) is 22.3. The molecule has 3 fully saturated rings. The van der Waals surface area contributed by atoms with Crippen LogP contribution in [0.1, 0.15) is 37.9 Å². The maximum Gasteiger partial charge on any atom is 0.334 e. The monoisotopic (exact) mass is 374 g/mol. The van der Waals surface area contributed by atoms with E-state index in [0.717, 1.165) is 0 Å². The number of hydrogen-bond acceptors (Lipinski definition) is 7. The van der Waals surface area contributed by atoms with Gasteiger partial charge in [-0.2, -0.15) is 0 Å². The average molecular weight is 374 g/mol. The Morgan fingerprint density at radius 1 is 1.26 bits per heavy atom. The van der Waals surface area contributed by atoms with E-state index in [1.165, 1.54) is 12.5 Å². The molecule has 0 radical (unpaired) electrons. The number of aliphatic hydroxyl groups excluding tert-OH is 2. The summed E-state index contributed by atoms with van der Waals surface area (Å²) in [6.45, 7) is 2.02. The Hall–Kier alpha value is -2.12. The molecule has 2 saturated heterocycles. The third kappa shape index (κ3) is 1.99. The number of carbonyl (C=O) groups excluding carboxylic acids is 2. The Morgan fingerprint density at radius 2 is 2.07 bits per heavy atom. The third-order valence-electron chi connectivity index (χ3n) is 7.36. The van der Waals surface area contributed by atoms with Crippen LogP contribution in [-0.2, 0) is 19.1 Å². The number of furan rings is 1. The molecule has 3 heterocycles. The van der Waals surface area contributed by atoms with E-state index in [1.54, 1.807) is 6.07 Å². The van der Waals surface area contributed by atoms with E-state index >= 15 is 0 Å². The van der Waals surface area contributed by atoms with Gasteiger partial charge in [-0.25, -0.2) is 4.79 Å². The smallest absolute Gasteiger partial charge is 0.334 e. The lowest BCUT2D eigenvalue weighted by molar-refractivity contribution is -0.246. The summed E-state index contributed by atoms with van der Waals surface area (Å²) in [6, 6.07) is 1.66. The lowest BCUT2D eigenvalue weighted by Crippen LogP contribution is -2.67. The van der Waals surface area contributed by atoms with Crippen molar-refractivity contribution in [3.63, 3.8) is 0 Å². The summed E-state index contributed by atoms with van der Waals surface area (Å²) in [5.41, 5.74) is -0.458. The van der Waals surface area contributed by atoms with Gasteiger partial charge in [0.1, 0.15) is 12.7 Å². The van der Waals surface area contributed by atoms with Gasteiger partial charge < -0.3 is 24.1 Å². The summed E-state index contributed by atoms with van der Waals surface area (Å²) >= 11 is 0. The van der Waals surface area contributed by atoms with Crippen LogP contribution in [0.15, 0.2) is 34.7 Å². The zero-order valence-electron chi connectivity index (χ0n) is 15.0. The molecular weight excluding hydrogens is 352 g/mol. The predicted octanol–water partition coefficient (Wildman–Crippen LogP) is 1.51. The molecule has 1 spiro atoms. The highest BCUT2D eigenvalue weighted by atomic mass is 16.6. The van der Waals surface area contributed by atoms with E-state index < -0.39 is 41.0 Å². The van der Waals surface area contributed by atoms with Crippen LogP contribution in [0, 0.1) is 22.7 Å². The molecule has 1 aromatic rings. The van der Waals surface area contributed by atoms with Gasteiger partial charge in [0.15, 0.2) is 6.10 Å². The summed E-state index contributed by atoms with van der Waals surface area (Å²) < 4.78 is 16.0. The summed E-state index contributed by atoms with van der Waals surface area (Å²) in [4.78, 5) is 25.2. The highest BCUT2D eigenvalue weighted by Gasteiger charge is 2.70. The van der Waals surface area contributed by atoms with Crippen LogP contribution in [0.3, 0.4) is 0 Å². The fraction of sp³-hybridized carbons (Fsp3) is 0.600. The van der Waals surface area contributed by atoms with Crippen molar-refractivity contribution in [2.45, 2.75) is 44.5 Å². The second kappa shape index (κ2) is 5.45. The molecule has 4 aliphatic rings. The van der Waals surface area contributed by atoms with Crippen molar-refractivity contribution in [3.05, 3.63) is 35.8 Å². The molecule has 0 aromatic carbocycles. The first-order valence-corrected chi connectivity index (χ1v) is 9.36. The molecule has 2 aliphatic heterocycles. The van der Waals surface area contributed by atoms with Crippen LogP contribution < -0.4 is 0 Å². The van der Waals surface area contributed by atoms with Crippen LogP contribution in [-0.4, -0.2) is 41.0 Å². The number of carbonyl (C=O) groups is 2. The fourth-order valence-corrected chi connectivity index (χ4v) is 6.22. The third-order valence-corrected chi connectivity index (χ3v) is 7.36. The number of aliphatic hydroxyl groups is 2. The first-order valence-electron chi connectivity index (χ1n) is 9.36. The van der Waals surface area contributed by atoms with Crippen molar-refractivity contribution in [3.8, 4) is 0 Å². The Morgan fingerprint density at radius 3 is 2.81 bits per heavy atom. The molecule has 0 unspecified atom stereocenters. The molecule has 0 bridgehead atoms. The Kier molecular flexibility index (Phi) is 3.44. The molecule has 7 atom stereocenters. The topological polar surface area (TPSA) is 106 Å². The van der Waals surface area contributed by atoms with Crippen molar-refractivity contribution < 1.29 is 33.7 Å². The molecule has 2 N–H and O–H groups in total. The zero-order valence-corrected chi connectivity index (χ0v) is 15.0. The van der Waals surface area contributed by atoms with E-state index in [-0.39, 0.29) is 24.9 Å². The number of allylic oxidation sites excluding steroid dienone is 1. The highest BCUT2D eigenvalue weighted by Crippen LogP contribution is 2.66. The Bertz CT molecular complexity index is 827. The van der Waals surface area contributed by atoms with E-state index in [2.05, 4.69) is 0 Å². The lowest BCUT2D eigenvalue weighted by Gasteiger charge is -2.61. The van der Waals surface area contributed by atoms with Crippen molar-refractivity contribution in [2.24, 2.45) is 22.7 Å². The predicted molar refractivity (Wildman–Crippen MR) is 90.0 cm³/mol. The summed E-state index contributed by atoms with van der Waals surface area (Å²) in [5.74, 6) is -1.89. The van der Waals surface area contributed by atoms with Gasteiger partial charge in [-0.1, -0.05) is 13.0 Å². The second-order valence-electron chi connectivity index (χ2n) is 8.45. The lowest BCUT2D eigenvalue weighted by atomic mass is 9.44. The highest BCUT2D eigenvalue weighted by molar-refractivity contribution is 5.93. The Labute approximate surface area is 155 Å². The van der Waals surface area contributed by atoms with Crippen LogP contribution >= 0.6 is 0 Å². The second-order valence-corrected chi connectivity index (χ2v) is 8.45. The zero-order chi connectivity index (χ0) is 19.0. The Balaban J connectivity index is 1.65. The van der Waals surface area contributed by atoms with Gasteiger partial charge >= 0.3 is 11.9 Å². The molecule has 7 heteroatoms. The van der Waals surface area contributed by atoms with Gasteiger partial charge in [0.25, 0.3) is 0 Å². The van der Waals surface area contributed by atoms with Gasteiger partial charge in [0, 0.05) is 22.0 Å². The SMILES string of the molecule is C[C@@]12[C@H](C(=O)O[C@@H](c3ccoc3)[C@@H]1O)[C@@H](O)C[C@@]13COC(=O)C1=CCC[C@@H]32. The first-order chi connectivity index (χ1) is 12.9. The number of fused-ring (bicyclic) bond motifs is 2. The molecule has 1 aromatic heterocycles. The van der Waals surface area contributed by atoms with Gasteiger partial charge in [0.2, 0.25) is 0 Å². The van der Waals surface area contributed by atoms with Crippen molar-refractivity contribution in [1.82, 2.24) is 0 Å². The molecule has 144 valence electrons. The first kappa shape index (κ1) is 17.0. The normalized spacial score (nSPS) is 45.9. The summed E-state index contributed by atoms with van der Waals surface area (Å²) in [7, 11) is 0. The van der Waals surface area contributed by atoms with Crippen molar-refractivity contribution in [1.29, 1.82) is 0 Å². The molecule has 1 saturated carbocycles. The van der Waals surface area contributed by atoms with E-state index in [9.17, 15) is 19.8 Å². The molecule has 7 nitrogen and oxygen atoms in total. The average Bonchev–Trinajstić information content (AvgIpc) is 3.26. The number of esters is 2.